The van der Waals surface area contributed by atoms with E-state index in [2.05, 4.69) is 21.2 Å². The lowest BCUT2D eigenvalue weighted by Gasteiger charge is -2.10. The number of carbonyl (C=O) groups excluding carboxylic acids is 1. The standard InChI is InChI=1S/C16H14BrCl2NO3/c1-22-6-7-23-15-5-2-10(8-12(15)17)16(21)20-11-3-4-13(18)14(19)9-11/h2-5,8-9H,6-7H2,1H3,(H,20,21). The second-order valence-electron chi connectivity index (χ2n) is 4.57. The Kier molecular flexibility index (Phi) is 6.72. The van der Waals surface area contributed by atoms with Crippen molar-refractivity contribution in [2.75, 3.05) is 25.6 Å². The molecule has 122 valence electrons. The Morgan fingerprint density at radius 2 is 1.91 bits per heavy atom. The van der Waals surface area contributed by atoms with E-state index in [1.165, 1.54) is 0 Å². The minimum atomic E-state index is -0.257. The molecule has 0 atom stereocenters. The molecule has 0 saturated heterocycles. The number of nitrogens with one attached hydrogen (secondary N) is 1. The van der Waals surface area contributed by atoms with Crippen molar-refractivity contribution < 1.29 is 14.3 Å². The van der Waals surface area contributed by atoms with Gasteiger partial charge < -0.3 is 14.8 Å². The van der Waals surface area contributed by atoms with Crippen LogP contribution in [-0.2, 0) is 4.74 Å². The molecule has 7 heteroatoms. The van der Waals surface area contributed by atoms with Crippen LogP contribution in [0.4, 0.5) is 5.69 Å². The van der Waals surface area contributed by atoms with E-state index in [9.17, 15) is 4.79 Å². The summed E-state index contributed by atoms with van der Waals surface area (Å²) in [6.45, 7) is 0.927. The number of methoxy groups -OCH3 is 1. The van der Waals surface area contributed by atoms with Crippen LogP contribution in [0.3, 0.4) is 0 Å². The lowest BCUT2D eigenvalue weighted by atomic mass is 10.2. The molecule has 0 unspecified atom stereocenters. The van der Waals surface area contributed by atoms with Gasteiger partial charge in [0.25, 0.3) is 5.91 Å². The number of hydrogen-bond donors (Lipinski definition) is 1. The molecule has 1 N–H and O–H groups in total. The number of halogens is 3. The largest absolute Gasteiger partial charge is 0.490 e. The Morgan fingerprint density at radius 1 is 1.13 bits per heavy atom. The number of amides is 1. The molecule has 0 heterocycles. The predicted molar refractivity (Wildman–Crippen MR) is 95.9 cm³/mol. The summed E-state index contributed by atoms with van der Waals surface area (Å²) in [6, 6.07) is 10.0. The molecule has 2 aromatic carbocycles. The first-order chi connectivity index (χ1) is 11.0. The molecule has 0 saturated carbocycles. The van der Waals surface area contributed by atoms with E-state index < -0.39 is 0 Å². The van der Waals surface area contributed by atoms with Gasteiger partial charge in [0.15, 0.2) is 0 Å². The summed E-state index contributed by atoms with van der Waals surface area (Å²) < 4.78 is 11.1. The highest BCUT2D eigenvalue weighted by Gasteiger charge is 2.10. The molecule has 0 aliphatic carbocycles. The van der Waals surface area contributed by atoms with Gasteiger partial charge in [-0.05, 0) is 52.3 Å². The van der Waals surface area contributed by atoms with Gasteiger partial charge in [-0.1, -0.05) is 23.2 Å². The van der Waals surface area contributed by atoms with Crippen molar-refractivity contribution in [1.82, 2.24) is 0 Å². The van der Waals surface area contributed by atoms with Gasteiger partial charge in [0.1, 0.15) is 12.4 Å². The fourth-order valence-corrected chi connectivity index (χ4v) is 2.56. The summed E-state index contributed by atoms with van der Waals surface area (Å²) >= 11 is 15.2. The quantitative estimate of drug-likeness (QED) is 0.669. The van der Waals surface area contributed by atoms with Crippen molar-refractivity contribution in [2.45, 2.75) is 0 Å². The summed E-state index contributed by atoms with van der Waals surface area (Å²) in [6.07, 6.45) is 0. The van der Waals surface area contributed by atoms with Gasteiger partial charge in [-0.3, -0.25) is 4.79 Å². The summed E-state index contributed by atoms with van der Waals surface area (Å²) in [5, 5.41) is 3.58. The first-order valence-corrected chi connectivity index (χ1v) is 8.24. The summed E-state index contributed by atoms with van der Waals surface area (Å²) in [4.78, 5) is 12.3. The number of hydrogen-bond acceptors (Lipinski definition) is 3. The monoisotopic (exact) mass is 417 g/mol. The van der Waals surface area contributed by atoms with Gasteiger partial charge in [-0.15, -0.1) is 0 Å². The van der Waals surface area contributed by atoms with Crippen molar-refractivity contribution in [3.63, 3.8) is 0 Å². The van der Waals surface area contributed by atoms with Crippen molar-refractivity contribution in [1.29, 1.82) is 0 Å². The van der Waals surface area contributed by atoms with Crippen LogP contribution in [0.1, 0.15) is 10.4 Å². The number of rotatable bonds is 6. The third-order valence-corrected chi connectivity index (χ3v) is 4.28. The van der Waals surface area contributed by atoms with Crippen LogP contribution >= 0.6 is 39.1 Å². The van der Waals surface area contributed by atoms with Crippen molar-refractivity contribution >= 4 is 50.7 Å². The Morgan fingerprint density at radius 3 is 2.57 bits per heavy atom. The van der Waals surface area contributed by atoms with E-state index in [0.29, 0.717) is 44.7 Å². The van der Waals surface area contributed by atoms with Gasteiger partial charge in [0, 0.05) is 18.4 Å². The highest BCUT2D eigenvalue weighted by atomic mass is 79.9. The van der Waals surface area contributed by atoms with Gasteiger partial charge in [0.2, 0.25) is 0 Å². The zero-order chi connectivity index (χ0) is 16.8. The first-order valence-electron chi connectivity index (χ1n) is 6.69. The molecule has 23 heavy (non-hydrogen) atoms. The van der Waals surface area contributed by atoms with E-state index in [4.69, 9.17) is 32.7 Å². The predicted octanol–water partition coefficient (Wildman–Crippen LogP) is 5.03. The molecular weight excluding hydrogens is 405 g/mol. The van der Waals surface area contributed by atoms with E-state index in [1.54, 1.807) is 43.5 Å². The lowest BCUT2D eigenvalue weighted by molar-refractivity contribution is 0.102. The summed E-state index contributed by atoms with van der Waals surface area (Å²) in [5.74, 6) is 0.390. The number of anilines is 1. The first kappa shape index (κ1) is 18.1. The minimum Gasteiger partial charge on any atom is -0.490 e. The average molecular weight is 419 g/mol. The highest BCUT2D eigenvalue weighted by molar-refractivity contribution is 9.10. The third kappa shape index (κ3) is 5.11. The minimum absolute atomic E-state index is 0.257. The fourth-order valence-electron chi connectivity index (χ4n) is 1.77. The molecule has 0 spiro atoms. The SMILES string of the molecule is COCCOc1ccc(C(=O)Nc2ccc(Cl)c(Cl)c2)cc1Br. The topological polar surface area (TPSA) is 47.6 Å². The maximum Gasteiger partial charge on any atom is 0.255 e. The average Bonchev–Trinajstić information content (AvgIpc) is 2.52. The third-order valence-electron chi connectivity index (χ3n) is 2.92. The molecule has 0 aliphatic heterocycles. The lowest BCUT2D eigenvalue weighted by Crippen LogP contribution is -2.12. The molecule has 0 fully saturated rings. The van der Waals surface area contributed by atoms with Crippen LogP contribution in [0.2, 0.25) is 10.0 Å². The smallest absolute Gasteiger partial charge is 0.255 e. The number of ether oxygens (including phenoxy) is 2. The highest BCUT2D eigenvalue weighted by Crippen LogP contribution is 2.28. The van der Waals surface area contributed by atoms with Gasteiger partial charge in [-0.2, -0.15) is 0 Å². The second kappa shape index (κ2) is 8.55. The maximum absolute atomic E-state index is 12.3. The molecule has 0 aliphatic rings. The molecule has 4 nitrogen and oxygen atoms in total. The van der Waals surface area contributed by atoms with E-state index >= 15 is 0 Å². The van der Waals surface area contributed by atoms with Gasteiger partial charge in [0.05, 0.1) is 21.1 Å². The van der Waals surface area contributed by atoms with Crippen molar-refractivity contribution in [3.8, 4) is 5.75 Å². The second-order valence-corrected chi connectivity index (χ2v) is 6.24. The molecule has 0 aromatic heterocycles. The molecular formula is C16H14BrCl2NO3. The number of benzene rings is 2. The summed E-state index contributed by atoms with van der Waals surface area (Å²) in [5.41, 5.74) is 1.06. The van der Waals surface area contributed by atoms with Gasteiger partial charge in [-0.25, -0.2) is 0 Å². The molecule has 0 bridgehead atoms. The van der Waals surface area contributed by atoms with E-state index in [0.717, 1.165) is 0 Å². The van der Waals surface area contributed by atoms with Crippen LogP contribution in [0.25, 0.3) is 0 Å². The van der Waals surface area contributed by atoms with Crippen LogP contribution < -0.4 is 10.1 Å². The van der Waals surface area contributed by atoms with Crippen molar-refractivity contribution in [3.05, 3.63) is 56.5 Å². The maximum atomic E-state index is 12.3. The van der Waals surface area contributed by atoms with Crippen molar-refractivity contribution in [2.24, 2.45) is 0 Å². The Labute approximate surface area is 152 Å². The zero-order valence-corrected chi connectivity index (χ0v) is 15.3. The number of carbonyl (C=O) groups is 1. The van der Waals surface area contributed by atoms with Crippen LogP contribution in [0, 0.1) is 0 Å². The molecule has 2 aromatic rings. The van der Waals surface area contributed by atoms with Crippen LogP contribution in [0.5, 0.6) is 5.75 Å². The fraction of sp³-hybridized carbons (Fsp3) is 0.188. The van der Waals surface area contributed by atoms with Gasteiger partial charge >= 0.3 is 0 Å². The van der Waals surface area contributed by atoms with E-state index in [1.807, 2.05) is 0 Å². The normalized spacial score (nSPS) is 10.4. The Balaban J connectivity index is 2.07. The zero-order valence-electron chi connectivity index (χ0n) is 12.2. The Bertz CT molecular complexity index is 710. The van der Waals surface area contributed by atoms with Crippen LogP contribution in [-0.4, -0.2) is 26.2 Å². The molecule has 2 rings (SSSR count). The molecule has 0 radical (unpaired) electrons. The summed E-state index contributed by atoms with van der Waals surface area (Å²) in [7, 11) is 1.61. The molecule has 1 amide bonds. The Hall–Kier alpha value is -1.27. The van der Waals surface area contributed by atoms with E-state index in [-0.39, 0.29) is 5.91 Å². The van der Waals surface area contributed by atoms with Crippen LogP contribution in [0.15, 0.2) is 40.9 Å².